The molecule has 5 nitrogen and oxygen atoms in total. The zero-order valence-corrected chi connectivity index (χ0v) is 13.6. The summed E-state index contributed by atoms with van der Waals surface area (Å²) in [6.45, 7) is 0.527. The molecule has 0 radical (unpaired) electrons. The molecule has 0 unspecified atom stereocenters. The molecule has 0 atom stereocenters. The SMILES string of the molecule is COc1ccccc1-c1c[nH]c2ncc(Br)c(NCCO)c12. The van der Waals surface area contributed by atoms with Crippen LogP contribution in [0.4, 0.5) is 5.69 Å². The van der Waals surface area contributed by atoms with E-state index in [1.807, 2.05) is 30.5 Å². The van der Waals surface area contributed by atoms with Crippen LogP contribution in [0, 0.1) is 0 Å². The Morgan fingerprint density at radius 3 is 2.91 bits per heavy atom. The van der Waals surface area contributed by atoms with Crippen molar-refractivity contribution in [3.05, 3.63) is 41.1 Å². The minimum Gasteiger partial charge on any atom is -0.496 e. The average Bonchev–Trinajstić information content (AvgIpc) is 2.98. The van der Waals surface area contributed by atoms with Gasteiger partial charge in [0.05, 0.1) is 29.3 Å². The van der Waals surface area contributed by atoms with E-state index in [1.165, 1.54) is 0 Å². The van der Waals surface area contributed by atoms with Crippen LogP contribution in [-0.4, -0.2) is 35.3 Å². The van der Waals surface area contributed by atoms with E-state index in [2.05, 4.69) is 31.2 Å². The van der Waals surface area contributed by atoms with Gasteiger partial charge in [0.25, 0.3) is 0 Å². The van der Waals surface area contributed by atoms with Crippen molar-refractivity contribution >= 4 is 32.7 Å². The maximum atomic E-state index is 9.09. The number of benzene rings is 1. The molecule has 3 N–H and O–H groups in total. The highest BCUT2D eigenvalue weighted by atomic mass is 79.9. The van der Waals surface area contributed by atoms with E-state index >= 15 is 0 Å². The van der Waals surface area contributed by atoms with Crippen LogP contribution in [0.25, 0.3) is 22.2 Å². The number of pyridine rings is 1. The molecule has 3 rings (SSSR count). The predicted octanol–water partition coefficient (Wildman–Crippen LogP) is 3.41. The zero-order chi connectivity index (χ0) is 15.5. The number of rotatable bonds is 5. The molecule has 2 heterocycles. The van der Waals surface area contributed by atoms with E-state index in [-0.39, 0.29) is 6.61 Å². The van der Waals surface area contributed by atoms with Crippen molar-refractivity contribution in [2.24, 2.45) is 0 Å². The fourth-order valence-electron chi connectivity index (χ4n) is 2.51. The van der Waals surface area contributed by atoms with Crippen molar-refractivity contribution in [1.82, 2.24) is 9.97 Å². The number of nitrogens with one attached hydrogen (secondary N) is 2. The minimum absolute atomic E-state index is 0.0602. The van der Waals surface area contributed by atoms with Gasteiger partial charge in [0.2, 0.25) is 0 Å². The van der Waals surface area contributed by atoms with Gasteiger partial charge in [0, 0.05) is 30.1 Å². The number of ether oxygens (including phenoxy) is 1. The number of methoxy groups -OCH3 is 1. The summed E-state index contributed by atoms with van der Waals surface area (Å²) in [6, 6.07) is 7.86. The van der Waals surface area contributed by atoms with Gasteiger partial charge in [-0.1, -0.05) is 18.2 Å². The quantitative estimate of drug-likeness (QED) is 0.651. The number of H-pyrrole nitrogens is 1. The Balaban J connectivity index is 2.24. The van der Waals surface area contributed by atoms with Crippen LogP contribution in [-0.2, 0) is 0 Å². The number of aromatic nitrogens is 2. The van der Waals surface area contributed by atoms with Gasteiger partial charge in [-0.05, 0) is 22.0 Å². The highest BCUT2D eigenvalue weighted by Gasteiger charge is 2.16. The number of fused-ring (bicyclic) bond motifs is 1. The Morgan fingerprint density at radius 2 is 2.14 bits per heavy atom. The second-order valence-electron chi connectivity index (χ2n) is 4.76. The van der Waals surface area contributed by atoms with Gasteiger partial charge in [-0.15, -0.1) is 0 Å². The summed E-state index contributed by atoms with van der Waals surface area (Å²) in [4.78, 5) is 7.60. The monoisotopic (exact) mass is 361 g/mol. The summed E-state index contributed by atoms with van der Waals surface area (Å²) >= 11 is 3.52. The van der Waals surface area contributed by atoms with Crippen LogP contribution in [0.3, 0.4) is 0 Å². The van der Waals surface area contributed by atoms with Gasteiger partial charge >= 0.3 is 0 Å². The number of anilines is 1. The summed E-state index contributed by atoms with van der Waals surface area (Å²) in [7, 11) is 1.66. The van der Waals surface area contributed by atoms with Gasteiger partial charge in [-0.2, -0.15) is 0 Å². The van der Waals surface area contributed by atoms with Crippen molar-refractivity contribution in [1.29, 1.82) is 0 Å². The van der Waals surface area contributed by atoms with E-state index < -0.39 is 0 Å². The fraction of sp³-hybridized carbons (Fsp3) is 0.188. The molecule has 0 saturated carbocycles. The number of halogens is 1. The average molecular weight is 362 g/mol. The molecule has 2 aromatic heterocycles. The van der Waals surface area contributed by atoms with Gasteiger partial charge in [0.15, 0.2) is 0 Å². The Kier molecular flexibility index (Phi) is 4.31. The molecule has 0 amide bonds. The molecular formula is C16H16BrN3O2. The van der Waals surface area contributed by atoms with Gasteiger partial charge in [0.1, 0.15) is 11.4 Å². The number of hydrogen-bond donors (Lipinski definition) is 3. The maximum absolute atomic E-state index is 9.09. The second-order valence-corrected chi connectivity index (χ2v) is 5.61. The molecule has 1 aromatic carbocycles. The molecule has 114 valence electrons. The summed E-state index contributed by atoms with van der Waals surface area (Å²) < 4.78 is 6.31. The molecule has 6 heteroatoms. The third-order valence-corrected chi connectivity index (χ3v) is 4.07. The maximum Gasteiger partial charge on any atom is 0.140 e. The van der Waals surface area contributed by atoms with Crippen molar-refractivity contribution in [2.45, 2.75) is 0 Å². The summed E-state index contributed by atoms with van der Waals surface area (Å²) in [6.07, 6.45) is 3.66. The van der Waals surface area contributed by atoms with E-state index in [4.69, 9.17) is 9.84 Å². The largest absolute Gasteiger partial charge is 0.496 e. The molecular weight excluding hydrogens is 346 g/mol. The van der Waals surface area contributed by atoms with Crippen LogP contribution in [0.5, 0.6) is 5.75 Å². The second kappa shape index (κ2) is 6.37. The third-order valence-electron chi connectivity index (χ3n) is 3.47. The molecule has 0 fully saturated rings. The lowest BCUT2D eigenvalue weighted by molar-refractivity contribution is 0.311. The van der Waals surface area contributed by atoms with E-state index in [0.717, 1.165) is 38.1 Å². The third kappa shape index (κ3) is 2.55. The van der Waals surface area contributed by atoms with Crippen molar-refractivity contribution in [3.8, 4) is 16.9 Å². The van der Waals surface area contributed by atoms with Gasteiger partial charge < -0.3 is 20.1 Å². The lowest BCUT2D eigenvalue weighted by atomic mass is 10.0. The highest BCUT2D eigenvalue weighted by molar-refractivity contribution is 9.10. The van der Waals surface area contributed by atoms with E-state index in [9.17, 15) is 0 Å². The standard InChI is InChI=1S/C16H16BrN3O2/c1-22-13-5-3-2-4-10(13)11-8-19-16-14(11)15(18-6-7-21)12(17)9-20-16/h2-5,8-9,21H,6-7H2,1H3,(H2,18,19,20). The predicted molar refractivity (Wildman–Crippen MR) is 91.4 cm³/mol. The molecule has 0 bridgehead atoms. The number of para-hydroxylation sites is 1. The summed E-state index contributed by atoms with van der Waals surface area (Å²) in [5, 5.41) is 13.3. The van der Waals surface area contributed by atoms with Gasteiger partial charge in [-0.3, -0.25) is 0 Å². The topological polar surface area (TPSA) is 70.2 Å². The number of nitrogens with zero attached hydrogens (tertiary/aromatic N) is 1. The van der Waals surface area contributed by atoms with E-state index in [1.54, 1.807) is 13.3 Å². The fourth-order valence-corrected chi connectivity index (χ4v) is 2.95. The van der Waals surface area contributed by atoms with Crippen LogP contribution in [0.1, 0.15) is 0 Å². The lowest BCUT2D eigenvalue weighted by Gasteiger charge is -2.12. The first-order valence-corrected chi connectivity index (χ1v) is 7.69. The Hall–Kier alpha value is -2.05. The normalized spacial score (nSPS) is 10.9. The molecule has 0 aliphatic heterocycles. The zero-order valence-electron chi connectivity index (χ0n) is 12.1. The smallest absolute Gasteiger partial charge is 0.140 e. The minimum atomic E-state index is 0.0602. The molecule has 0 aliphatic rings. The number of aliphatic hydroxyl groups is 1. The van der Waals surface area contributed by atoms with Crippen LogP contribution >= 0.6 is 15.9 Å². The lowest BCUT2D eigenvalue weighted by Crippen LogP contribution is -2.06. The Bertz CT molecular complexity index is 801. The summed E-state index contributed by atoms with van der Waals surface area (Å²) in [5.41, 5.74) is 3.68. The number of hydrogen-bond acceptors (Lipinski definition) is 4. The van der Waals surface area contributed by atoms with Crippen LogP contribution in [0.2, 0.25) is 0 Å². The van der Waals surface area contributed by atoms with Crippen molar-refractivity contribution < 1.29 is 9.84 Å². The van der Waals surface area contributed by atoms with Crippen LogP contribution in [0.15, 0.2) is 41.1 Å². The summed E-state index contributed by atoms with van der Waals surface area (Å²) in [5.74, 6) is 0.802. The van der Waals surface area contributed by atoms with Crippen molar-refractivity contribution in [3.63, 3.8) is 0 Å². The molecule has 3 aromatic rings. The van der Waals surface area contributed by atoms with Gasteiger partial charge in [-0.25, -0.2) is 4.98 Å². The first-order valence-electron chi connectivity index (χ1n) is 6.90. The van der Waals surface area contributed by atoms with E-state index in [0.29, 0.717) is 6.54 Å². The molecule has 0 spiro atoms. The molecule has 0 aliphatic carbocycles. The Morgan fingerprint density at radius 1 is 1.32 bits per heavy atom. The Labute approximate surface area is 136 Å². The number of aliphatic hydroxyl groups excluding tert-OH is 1. The molecule has 0 saturated heterocycles. The first kappa shape index (κ1) is 14.9. The van der Waals surface area contributed by atoms with Crippen LogP contribution < -0.4 is 10.1 Å². The number of aromatic amines is 1. The highest BCUT2D eigenvalue weighted by Crippen LogP contribution is 2.40. The van der Waals surface area contributed by atoms with Crippen molar-refractivity contribution in [2.75, 3.05) is 25.6 Å². The first-order chi connectivity index (χ1) is 10.8. The molecule has 22 heavy (non-hydrogen) atoms.